The third-order valence-electron chi connectivity index (χ3n) is 2.61. The monoisotopic (exact) mass is 228 g/mol. The van der Waals surface area contributed by atoms with Crippen molar-refractivity contribution >= 4 is 16.7 Å². The molecule has 6 heteroatoms. The van der Waals surface area contributed by atoms with Crippen molar-refractivity contribution in [2.24, 2.45) is 0 Å². The molecule has 0 unspecified atom stereocenters. The van der Waals surface area contributed by atoms with Crippen molar-refractivity contribution in [3.8, 4) is 0 Å². The van der Waals surface area contributed by atoms with Crippen LogP contribution >= 0.6 is 0 Å². The SMILES string of the molecule is Cc1n[nH]c2nc3ccccc3c(=O)n2c1=O. The molecule has 0 atom stereocenters. The number of nitrogens with zero attached hydrogens (tertiary/aromatic N) is 3. The molecular formula is C11H8N4O2. The third-order valence-corrected chi connectivity index (χ3v) is 2.61. The molecule has 1 N–H and O–H groups in total. The van der Waals surface area contributed by atoms with Gasteiger partial charge in [-0.05, 0) is 19.1 Å². The number of aromatic amines is 1. The fraction of sp³-hybridized carbons (Fsp3) is 0.0909. The second-order valence-electron chi connectivity index (χ2n) is 3.71. The van der Waals surface area contributed by atoms with Crippen LogP contribution in [0.2, 0.25) is 0 Å². The van der Waals surface area contributed by atoms with Gasteiger partial charge >= 0.3 is 0 Å². The number of hydrogen-bond acceptors (Lipinski definition) is 4. The van der Waals surface area contributed by atoms with E-state index in [2.05, 4.69) is 15.2 Å². The molecule has 3 rings (SSSR count). The Morgan fingerprint density at radius 2 is 1.94 bits per heavy atom. The molecule has 3 aromatic rings. The predicted molar refractivity (Wildman–Crippen MR) is 62.1 cm³/mol. The van der Waals surface area contributed by atoms with E-state index < -0.39 is 5.56 Å². The predicted octanol–water partition coefficient (Wildman–Crippen LogP) is 0.239. The maximum atomic E-state index is 12.1. The summed E-state index contributed by atoms with van der Waals surface area (Å²) < 4.78 is 1.00. The largest absolute Gasteiger partial charge is 0.283 e. The van der Waals surface area contributed by atoms with E-state index in [1.165, 1.54) is 0 Å². The Hall–Kier alpha value is -2.50. The van der Waals surface area contributed by atoms with E-state index in [0.29, 0.717) is 10.9 Å². The molecular weight excluding hydrogens is 220 g/mol. The van der Waals surface area contributed by atoms with Gasteiger partial charge in [0.05, 0.1) is 10.9 Å². The minimum atomic E-state index is -0.443. The molecule has 0 bridgehead atoms. The van der Waals surface area contributed by atoms with Gasteiger partial charge in [-0.25, -0.2) is 14.5 Å². The number of rotatable bonds is 0. The van der Waals surface area contributed by atoms with Crippen molar-refractivity contribution in [1.82, 2.24) is 19.6 Å². The van der Waals surface area contributed by atoms with Gasteiger partial charge in [-0.15, -0.1) is 0 Å². The van der Waals surface area contributed by atoms with Gasteiger partial charge in [0.2, 0.25) is 5.78 Å². The Morgan fingerprint density at radius 1 is 1.18 bits per heavy atom. The highest BCUT2D eigenvalue weighted by atomic mass is 16.2. The van der Waals surface area contributed by atoms with Crippen molar-refractivity contribution in [3.05, 3.63) is 50.7 Å². The lowest BCUT2D eigenvalue weighted by Gasteiger charge is -2.02. The van der Waals surface area contributed by atoms with Crippen LogP contribution in [0.3, 0.4) is 0 Å². The molecule has 2 heterocycles. The van der Waals surface area contributed by atoms with E-state index in [-0.39, 0.29) is 17.0 Å². The summed E-state index contributed by atoms with van der Waals surface area (Å²) in [6, 6.07) is 6.88. The van der Waals surface area contributed by atoms with E-state index in [1.54, 1.807) is 31.2 Å². The summed E-state index contributed by atoms with van der Waals surface area (Å²) in [5, 5.41) is 6.81. The maximum Gasteiger partial charge on any atom is 0.283 e. The highest BCUT2D eigenvalue weighted by Gasteiger charge is 2.09. The van der Waals surface area contributed by atoms with Crippen molar-refractivity contribution in [2.75, 3.05) is 0 Å². The quantitative estimate of drug-likeness (QED) is 0.559. The summed E-state index contributed by atoms with van der Waals surface area (Å²) >= 11 is 0. The molecule has 6 nitrogen and oxygen atoms in total. The molecule has 0 aliphatic heterocycles. The van der Waals surface area contributed by atoms with Gasteiger partial charge in [0.25, 0.3) is 11.1 Å². The molecule has 0 aliphatic carbocycles. The van der Waals surface area contributed by atoms with Gasteiger partial charge in [0, 0.05) is 0 Å². The number of aryl methyl sites for hydroxylation is 1. The molecule has 0 radical (unpaired) electrons. The summed E-state index contributed by atoms with van der Waals surface area (Å²) in [5.74, 6) is 0.157. The van der Waals surface area contributed by atoms with Crippen molar-refractivity contribution in [2.45, 2.75) is 6.92 Å². The lowest BCUT2D eigenvalue weighted by molar-refractivity contribution is 0.859. The van der Waals surface area contributed by atoms with Crippen molar-refractivity contribution in [3.63, 3.8) is 0 Å². The summed E-state index contributed by atoms with van der Waals surface area (Å²) in [6.45, 7) is 1.54. The van der Waals surface area contributed by atoms with Gasteiger partial charge in [-0.2, -0.15) is 5.10 Å². The van der Waals surface area contributed by atoms with Crippen LogP contribution in [0.4, 0.5) is 0 Å². The Bertz CT molecular complexity index is 847. The van der Waals surface area contributed by atoms with Crippen molar-refractivity contribution in [1.29, 1.82) is 0 Å². The first kappa shape index (κ1) is 9.71. The van der Waals surface area contributed by atoms with Gasteiger partial charge in [-0.1, -0.05) is 12.1 Å². The van der Waals surface area contributed by atoms with Crippen LogP contribution in [0.1, 0.15) is 5.69 Å². The van der Waals surface area contributed by atoms with Crippen LogP contribution in [0.25, 0.3) is 16.7 Å². The average Bonchev–Trinajstić information content (AvgIpc) is 2.34. The maximum absolute atomic E-state index is 12.1. The van der Waals surface area contributed by atoms with E-state index >= 15 is 0 Å². The standard InChI is InChI=1S/C11H8N4O2/c1-6-9(16)15-10(17)7-4-2-3-5-8(7)12-11(15)14-13-6/h2-5H,1H3,(H,12,14). The molecule has 2 aromatic heterocycles. The topological polar surface area (TPSA) is 80.1 Å². The molecule has 84 valence electrons. The van der Waals surface area contributed by atoms with Gasteiger partial charge < -0.3 is 0 Å². The Kier molecular flexibility index (Phi) is 1.85. The lowest BCUT2D eigenvalue weighted by atomic mass is 10.2. The van der Waals surface area contributed by atoms with Crippen LogP contribution in [-0.2, 0) is 0 Å². The van der Waals surface area contributed by atoms with Crippen LogP contribution in [0.15, 0.2) is 33.9 Å². The smallest absolute Gasteiger partial charge is 0.268 e. The second-order valence-corrected chi connectivity index (χ2v) is 3.71. The van der Waals surface area contributed by atoms with E-state index in [9.17, 15) is 9.59 Å². The minimum Gasteiger partial charge on any atom is -0.268 e. The second kappa shape index (κ2) is 3.24. The summed E-state index contributed by atoms with van der Waals surface area (Å²) in [4.78, 5) is 28.2. The molecule has 0 saturated carbocycles. The zero-order valence-electron chi connectivity index (χ0n) is 8.97. The van der Waals surface area contributed by atoms with Gasteiger partial charge in [0.1, 0.15) is 5.69 Å². The minimum absolute atomic E-state index is 0.157. The first-order valence-electron chi connectivity index (χ1n) is 5.05. The highest BCUT2D eigenvalue weighted by molar-refractivity contribution is 5.78. The lowest BCUT2D eigenvalue weighted by Crippen LogP contribution is -2.30. The Labute approximate surface area is 94.6 Å². The van der Waals surface area contributed by atoms with Gasteiger partial charge in [-0.3, -0.25) is 9.59 Å². The van der Waals surface area contributed by atoms with E-state index in [1.807, 2.05) is 0 Å². The average molecular weight is 228 g/mol. The molecule has 1 aromatic carbocycles. The fourth-order valence-corrected chi connectivity index (χ4v) is 1.74. The van der Waals surface area contributed by atoms with Crippen LogP contribution in [0, 0.1) is 6.92 Å². The number of para-hydroxylation sites is 1. The zero-order valence-corrected chi connectivity index (χ0v) is 8.97. The number of benzene rings is 1. The summed E-state index contributed by atoms with van der Waals surface area (Å²) in [6.07, 6.45) is 0. The number of fused-ring (bicyclic) bond motifs is 2. The Morgan fingerprint density at radius 3 is 2.76 bits per heavy atom. The molecule has 0 fully saturated rings. The number of nitrogens with one attached hydrogen (secondary N) is 1. The van der Waals surface area contributed by atoms with Crippen LogP contribution in [0.5, 0.6) is 0 Å². The van der Waals surface area contributed by atoms with E-state index in [4.69, 9.17) is 0 Å². The first-order chi connectivity index (χ1) is 8.18. The molecule has 0 saturated heterocycles. The van der Waals surface area contributed by atoms with Gasteiger partial charge in [0.15, 0.2) is 0 Å². The fourth-order valence-electron chi connectivity index (χ4n) is 1.74. The normalized spacial score (nSPS) is 11.1. The number of hydrogen-bond donors (Lipinski definition) is 1. The molecule has 0 aliphatic rings. The third kappa shape index (κ3) is 1.27. The molecule has 0 spiro atoms. The zero-order chi connectivity index (χ0) is 12.0. The molecule has 0 amide bonds. The molecule has 17 heavy (non-hydrogen) atoms. The first-order valence-corrected chi connectivity index (χ1v) is 5.05. The van der Waals surface area contributed by atoms with Crippen LogP contribution < -0.4 is 11.1 Å². The van der Waals surface area contributed by atoms with E-state index in [0.717, 1.165) is 4.40 Å². The summed E-state index contributed by atoms with van der Waals surface area (Å²) in [5.41, 5.74) is -0.0464. The summed E-state index contributed by atoms with van der Waals surface area (Å²) in [7, 11) is 0. The Balaban J connectivity index is 2.71. The number of H-pyrrole nitrogens is 1. The number of aromatic nitrogens is 4. The van der Waals surface area contributed by atoms with Crippen LogP contribution in [-0.4, -0.2) is 19.6 Å². The van der Waals surface area contributed by atoms with Crippen molar-refractivity contribution < 1.29 is 0 Å². The highest BCUT2D eigenvalue weighted by Crippen LogP contribution is 2.05.